The number of amides is 1. The maximum Gasteiger partial charge on any atom is 0.243 e. The fourth-order valence-electron chi connectivity index (χ4n) is 4.16. The third-order valence-corrected chi connectivity index (χ3v) is 8.23. The van der Waals surface area contributed by atoms with Gasteiger partial charge >= 0.3 is 0 Å². The van der Waals surface area contributed by atoms with E-state index < -0.39 is 39.4 Å². The van der Waals surface area contributed by atoms with Crippen molar-refractivity contribution >= 4 is 39.3 Å². The molecular formula is C24H23F3N2O3S2. The lowest BCUT2D eigenvalue weighted by molar-refractivity contribution is -0.121. The Morgan fingerprint density at radius 1 is 1.00 bits per heavy atom. The zero-order valence-corrected chi connectivity index (χ0v) is 19.8. The van der Waals surface area contributed by atoms with Crippen molar-refractivity contribution in [3.8, 4) is 0 Å². The van der Waals surface area contributed by atoms with E-state index in [0.29, 0.717) is 18.6 Å². The summed E-state index contributed by atoms with van der Waals surface area (Å²) in [7, 11) is -3.80. The number of benzene rings is 3. The Hall–Kier alpha value is -2.56. The number of hydrogen-bond acceptors (Lipinski definition) is 4. The van der Waals surface area contributed by atoms with Crippen LogP contribution in [0.2, 0.25) is 0 Å². The van der Waals surface area contributed by atoms with Crippen LogP contribution in [0, 0.1) is 17.5 Å². The lowest BCUT2D eigenvalue weighted by Gasteiger charge is -2.24. The molecule has 0 aliphatic carbocycles. The number of carbonyl (C=O) groups is 1. The molecule has 2 unspecified atom stereocenters. The highest BCUT2D eigenvalue weighted by Gasteiger charge is 2.39. The lowest BCUT2D eigenvalue weighted by Crippen LogP contribution is -2.36. The number of sulfonamides is 1. The number of halogens is 3. The molecule has 0 saturated carbocycles. The van der Waals surface area contributed by atoms with E-state index in [4.69, 9.17) is 0 Å². The number of rotatable bonds is 7. The van der Waals surface area contributed by atoms with Crippen molar-refractivity contribution in [3.63, 3.8) is 0 Å². The van der Waals surface area contributed by atoms with Gasteiger partial charge in [0.1, 0.15) is 5.82 Å². The summed E-state index contributed by atoms with van der Waals surface area (Å²) in [5, 5.41) is 4.05. The first-order valence-electron chi connectivity index (χ1n) is 10.7. The summed E-state index contributed by atoms with van der Waals surface area (Å²) < 4.78 is 68.3. The van der Waals surface area contributed by atoms with E-state index in [1.807, 2.05) is 24.3 Å². The molecule has 0 spiro atoms. The minimum Gasteiger partial charge on any atom is -0.352 e. The van der Waals surface area contributed by atoms with Crippen molar-refractivity contribution in [1.82, 2.24) is 9.62 Å². The van der Waals surface area contributed by atoms with Crippen LogP contribution in [0.5, 0.6) is 0 Å². The zero-order chi connectivity index (χ0) is 24.5. The van der Waals surface area contributed by atoms with Crippen LogP contribution in [0.4, 0.5) is 13.2 Å². The highest BCUT2D eigenvalue weighted by atomic mass is 32.2. The van der Waals surface area contributed by atoms with E-state index in [2.05, 4.69) is 17.9 Å². The molecule has 34 heavy (non-hydrogen) atoms. The molecule has 10 heteroatoms. The van der Waals surface area contributed by atoms with Gasteiger partial charge in [-0.2, -0.15) is 16.9 Å². The van der Waals surface area contributed by atoms with E-state index in [9.17, 15) is 26.4 Å². The number of carbonyl (C=O) groups excluding carboxylic acids is 1. The van der Waals surface area contributed by atoms with E-state index in [-0.39, 0.29) is 41.6 Å². The van der Waals surface area contributed by atoms with Gasteiger partial charge in [-0.1, -0.05) is 30.3 Å². The van der Waals surface area contributed by atoms with E-state index in [1.165, 1.54) is 4.31 Å². The van der Waals surface area contributed by atoms with Gasteiger partial charge < -0.3 is 5.32 Å². The van der Waals surface area contributed by atoms with Crippen molar-refractivity contribution in [2.75, 3.05) is 6.54 Å². The summed E-state index contributed by atoms with van der Waals surface area (Å²) in [6.07, 6.45) is 0.719. The Morgan fingerprint density at radius 2 is 1.71 bits per heavy atom. The Kier molecular flexibility index (Phi) is 7.20. The number of nitrogens with one attached hydrogen (secondary N) is 1. The molecule has 1 fully saturated rings. The molecular weight excluding hydrogens is 485 g/mol. The summed E-state index contributed by atoms with van der Waals surface area (Å²) >= 11 is 4.46. The Bertz CT molecular complexity index is 1330. The fourth-order valence-corrected chi connectivity index (χ4v) is 6.44. The van der Waals surface area contributed by atoms with Gasteiger partial charge in [-0.25, -0.2) is 21.6 Å². The molecule has 1 heterocycles. The largest absolute Gasteiger partial charge is 0.352 e. The summed E-state index contributed by atoms with van der Waals surface area (Å²) in [5.41, 5.74) is -0.177. The third-order valence-electron chi connectivity index (χ3n) is 5.94. The second-order valence-corrected chi connectivity index (χ2v) is 10.9. The van der Waals surface area contributed by atoms with Crippen molar-refractivity contribution in [3.05, 3.63) is 77.6 Å². The average Bonchev–Trinajstić information content (AvgIpc) is 3.20. The number of thiol groups is 1. The van der Waals surface area contributed by atoms with Crippen LogP contribution < -0.4 is 5.32 Å². The first kappa shape index (κ1) is 24.6. The fraction of sp³-hybridized carbons (Fsp3) is 0.292. The van der Waals surface area contributed by atoms with Gasteiger partial charge in [0.15, 0.2) is 11.6 Å². The molecule has 3 aromatic rings. The summed E-state index contributed by atoms with van der Waals surface area (Å²) in [6, 6.07) is 13.1. The van der Waals surface area contributed by atoms with E-state index >= 15 is 0 Å². The summed E-state index contributed by atoms with van der Waals surface area (Å²) in [4.78, 5) is 12.5. The maximum atomic E-state index is 13.8. The topological polar surface area (TPSA) is 66.5 Å². The third kappa shape index (κ3) is 5.24. The maximum absolute atomic E-state index is 13.8. The number of nitrogens with zero attached hydrogens (tertiary/aromatic N) is 1. The molecule has 4 rings (SSSR count). The van der Waals surface area contributed by atoms with Crippen LogP contribution >= 0.6 is 12.6 Å². The molecule has 1 aliphatic rings. The smallest absolute Gasteiger partial charge is 0.243 e. The Labute approximate surface area is 201 Å². The van der Waals surface area contributed by atoms with Gasteiger partial charge in [-0.3, -0.25) is 4.79 Å². The van der Waals surface area contributed by atoms with Gasteiger partial charge in [0.25, 0.3) is 0 Å². The molecule has 5 nitrogen and oxygen atoms in total. The van der Waals surface area contributed by atoms with Crippen LogP contribution in [-0.4, -0.2) is 36.5 Å². The first-order valence-corrected chi connectivity index (χ1v) is 12.7. The molecule has 2 atom stereocenters. The van der Waals surface area contributed by atoms with Crippen LogP contribution in [-0.2, 0) is 21.4 Å². The van der Waals surface area contributed by atoms with Crippen LogP contribution in [0.3, 0.4) is 0 Å². The summed E-state index contributed by atoms with van der Waals surface area (Å²) in [5.74, 6) is -3.91. The molecule has 1 amide bonds. The molecule has 0 aromatic heterocycles. The van der Waals surface area contributed by atoms with Gasteiger partial charge in [0.05, 0.1) is 4.90 Å². The molecule has 0 radical (unpaired) electrons. The van der Waals surface area contributed by atoms with Gasteiger partial charge in [-0.15, -0.1) is 0 Å². The standard InChI is InChI=1S/C24H23F3N2O3S2/c25-21-12-23(27)22(26)10-17(21)13-28-24(30)8-6-18-11-19(33)14-29(18)34(31,32)20-7-5-15-3-1-2-4-16(15)9-20/h1-5,7,9-10,12,18-19,33H,6,8,11,13-14H2,(H,28,30). The average molecular weight is 509 g/mol. The predicted molar refractivity (Wildman–Crippen MR) is 126 cm³/mol. The highest BCUT2D eigenvalue weighted by molar-refractivity contribution is 7.89. The van der Waals surface area contributed by atoms with Crippen LogP contribution in [0.1, 0.15) is 24.8 Å². The van der Waals surface area contributed by atoms with E-state index in [1.54, 1.807) is 18.2 Å². The van der Waals surface area contributed by atoms with Crippen molar-refractivity contribution < 1.29 is 26.4 Å². The second kappa shape index (κ2) is 9.97. The molecule has 3 aromatic carbocycles. The lowest BCUT2D eigenvalue weighted by atomic mass is 10.1. The monoisotopic (exact) mass is 508 g/mol. The summed E-state index contributed by atoms with van der Waals surface area (Å²) in [6.45, 7) is -0.0779. The van der Waals surface area contributed by atoms with E-state index in [0.717, 1.165) is 10.8 Å². The molecule has 1 saturated heterocycles. The normalized spacial score (nSPS) is 18.9. The zero-order valence-electron chi connectivity index (χ0n) is 18.0. The molecule has 0 bridgehead atoms. The van der Waals surface area contributed by atoms with Crippen molar-refractivity contribution in [2.45, 2.75) is 42.0 Å². The SMILES string of the molecule is O=C(CCC1CC(S)CN1S(=O)(=O)c1ccc2ccccc2c1)NCc1cc(F)c(F)cc1F. The second-order valence-electron chi connectivity index (χ2n) is 8.30. The molecule has 1 aliphatic heterocycles. The Morgan fingerprint density at radius 3 is 2.47 bits per heavy atom. The molecule has 1 N–H and O–H groups in total. The van der Waals surface area contributed by atoms with Crippen molar-refractivity contribution in [1.29, 1.82) is 0 Å². The minimum absolute atomic E-state index is 0.0137. The van der Waals surface area contributed by atoms with Crippen molar-refractivity contribution in [2.24, 2.45) is 0 Å². The highest BCUT2D eigenvalue weighted by Crippen LogP contribution is 2.32. The quantitative estimate of drug-likeness (QED) is 0.367. The predicted octanol–water partition coefficient (Wildman–Crippen LogP) is 4.42. The van der Waals surface area contributed by atoms with Crippen LogP contribution in [0.25, 0.3) is 10.8 Å². The Balaban J connectivity index is 1.42. The van der Waals surface area contributed by atoms with Gasteiger partial charge in [0.2, 0.25) is 15.9 Å². The van der Waals surface area contributed by atoms with Gasteiger partial charge in [-0.05, 0) is 41.8 Å². The van der Waals surface area contributed by atoms with Gasteiger partial charge in [0, 0.05) is 42.4 Å². The molecule has 180 valence electrons. The number of fused-ring (bicyclic) bond motifs is 1. The minimum atomic E-state index is -3.80. The van der Waals surface area contributed by atoms with Crippen LogP contribution in [0.15, 0.2) is 59.5 Å². The number of hydrogen-bond donors (Lipinski definition) is 2. The first-order chi connectivity index (χ1) is 16.1.